The quantitative estimate of drug-likeness (QED) is 0.165. The van der Waals surface area contributed by atoms with Gasteiger partial charge in [-0.25, -0.2) is 23.3 Å². The van der Waals surface area contributed by atoms with Crippen LogP contribution in [0, 0.1) is 4.78 Å². The molecule has 0 aliphatic rings. The average Bonchev–Trinajstić information content (AvgIpc) is 3.23. The molecular weight excluding hydrogens is 558 g/mol. The summed E-state index contributed by atoms with van der Waals surface area (Å²) in [7, 11) is -3.38. The molecule has 0 amide bonds. The molecule has 2 atom stereocenters. The fraction of sp³-hybridized carbons (Fsp3) is 0.345. The number of rotatable bonds is 12. The maximum absolute atomic E-state index is 13.7. The number of nitrogens with one attached hydrogen (secondary N) is 2. The second kappa shape index (κ2) is 13.1. The lowest BCUT2D eigenvalue weighted by atomic mass is 10.1. The molecule has 0 aliphatic heterocycles. The first-order chi connectivity index (χ1) is 20.0. The van der Waals surface area contributed by atoms with E-state index >= 15 is 0 Å². The fourth-order valence-electron chi connectivity index (χ4n) is 4.51. The zero-order valence-electron chi connectivity index (χ0n) is 23.8. The molecule has 0 spiro atoms. The van der Waals surface area contributed by atoms with Gasteiger partial charge in [-0.15, -0.1) is 0 Å². The number of nitrogen functional groups attached to an aromatic ring is 1. The minimum Gasteiger partial charge on any atom is -0.462 e. The third-order valence-electron chi connectivity index (χ3n) is 6.41. The summed E-state index contributed by atoms with van der Waals surface area (Å²) in [6.07, 6.45) is 0.349. The molecule has 0 saturated carbocycles. The summed E-state index contributed by atoms with van der Waals surface area (Å²) in [5.41, 5.74) is 7.07. The number of fused-ring (bicyclic) bond motifs is 1. The van der Waals surface area contributed by atoms with E-state index in [-0.39, 0.29) is 47.0 Å². The third kappa shape index (κ3) is 6.92. The van der Waals surface area contributed by atoms with Crippen LogP contribution >= 0.6 is 0 Å². The van der Waals surface area contributed by atoms with E-state index in [1.807, 2.05) is 60.7 Å². The van der Waals surface area contributed by atoms with Gasteiger partial charge in [0, 0.05) is 5.75 Å². The molecule has 0 bridgehead atoms. The maximum atomic E-state index is 13.7. The molecule has 2 aromatic heterocycles. The van der Waals surface area contributed by atoms with Crippen molar-refractivity contribution in [3.8, 4) is 0 Å². The molecule has 2 heterocycles. The molecular formula is C29H35N7O5S. The van der Waals surface area contributed by atoms with Crippen molar-refractivity contribution in [2.24, 2.45) is 0 Å². The Labute approximate surface area is 243 Å². The normalized spacial score (nSPS) is 13.6. The second-order valence-corrected chi connectivity index (χ2v) is 12.3. The standard InChI is InChI=1S/C29H35N7O5S/c1-4-15-42(31,40)28-33-25(30)24-26(34-28)35(18-21-13-9-6-10-14-21)29(39)36(24)23(37)17-32-22(27(38)41-19(2)3)16-20-11-7-5-8-12-20/h5-14,19,22,31-32H,4,15-18H2,1-3H3,(H2,30,33,34)/t22-,42?/m0/s1. The van der Waals surface area contributed by atoms with Crippen molar-refractivity contribution in [2.45, 2.75) is 57.5 Å². The largest absolute Gasteiger partial charge is 0.462 e. The number of benzene rings is 2. The first-order valence-electron chi connectivity index (χ1n) is 13.6. The third-order valence-corrected chi connectivity index (χ3v) is 8.17. The van der Waals surface area contributed by atoms with E-state index in [4.69, 9.17) is 15.3 Å². The van der Waals surface area contributed by atoms with Crippen LogP contribution in [0.15, 0.2) is 70.6 Å². The molecule has 2 aromatic carbocycles. The number of imidazole rings is 1. The zero-order chi connectivity index (χ0) is 30.4. The highest BCUT2D eigenvalue weighted by atomic mass is 32.2. The Morgan fingerprint density at radius 2 is 1.67 bits per heavy atom. The Bertz CT molecular complexity index is 1730. The molecule has 12 nitrogen and oxygen atoms in total. The number of carbonyl (C=O) groups is 2. The molecule has 4 N–H and O–H groups in total. The molecule has 13 heteroatoms. The summed E-state index contributed by atoms with van der Waals surface area (Å²) in [5.74, 6) is -1.47. The predicted octanol–water partition coefficient (Wildman–Crippen LogP) is 2.83. The van der Waals surface area contributed by atoms with Gasteiger partial charge in [0.05, 0.1) is 19.2 Å². The highest BCUT2D eigenvalue weighted by Gasteiger charge is 2.28. The van der Waals surface area contributed by atoms with Crippen LogP contribution in [0.1, 0.15) is 43.1 Å². The number of ether oxygens (including phenoxy) is 1. The lowest BCUT2D eigenvalue weighted by molar-refractivity contribution is -0.149. The number of carbonyl (C=O) groups excluding carboxylic acids is 2. The van der Waals surface area contributed by atoms with Crippen molar-refractivity contribution in [3.05, 3.63) is 82.3 Å². The summed E-state index contributed by atoms with van der Waals surface area (Å²) in [6.45, 7) is 4.89. The molecule has 4 rings (SSSR count). The van der Waals surface area contributed by atoms with E-state index in [0.29, 0.717) is 6.42 Å². The highest BCUT2D eigenvalue weighted by molar-refractivity contribution is 7.92. The predicted molar refractivity (Wildman–Crippen MR) is 160 cm³/mol. The Balaban J connectivity index is 1.75. The summed E-state index contributed by atoms with van der Waals surface area (Å²) in [5, 5.41) is 2.65. The van der Waals surface area contributed by atoms with Gasteiger partial charge in [0.15, 0.2) is 11.5 Å². The number of hydrogen-bond acceptors (Lipinski definition) is 10. The van der Waals surface area contributed by atoms with E-state index in [1.54, 1.807) is 20.8 Å². The van der Waals surface area contributed by atoms with Crippen LogP contribution in [0.2, 0.25) is 0 Å². The number of hydrogen-bond donors (Lipinski definition) is 3. The van der Waals surface area contributed by atoms with Crippen LogP contribution in [0.3, 0.4) is 0 Å². The van der Waals surface area contributed by atoms with E-state index < -0.39 is 39.9 Å². The van der Waals surface area contributed by atoms with Gasteiger partial charge in [-0.1, -0.05) is 67.6 Å². The van der Waals surface area contributed by atoms with Crippen molar-refractivity contribution in [1.29, 1.82) is 4.78 Å². The molecule has 0 saturated heterocycles. The van der Waals surface area contributed by atoms with E-state index in [1.165, 1.54) is 4.57 Å². The van der Waals surface area contributed by atoms with Crippen LogP contribution in [0.4, 0.5) is 5.82 Å². The lowest BCUT2D eigenvalue weighted by Crippen LogP contribution is -2.45. The van der Waals surface area contributed by atoms with Crippen molar-refractivity contribution in [3.63, 3.8) is 0 Å². The summed E-state index contributed by atoms with van der Waals surface area (Å²) in [6, 6.07) is 17.5. The van der Waals surface area contributed by atoms with Gasteiger partial charge in [-0.05, 0) is 37.8 Å². The van der Waals surface area contributed by atoms with Crippen LogP contribution in [0.25, 0.3) is 11.2 Å². The maximum Gasteiger partial charge on any atom is 0.337 e. The molecule has 42 heavy (non-hydrogen) atoms. The first kappa shape index (κ1) is 30.6. The number of nitrogens with two attached hydrogens (primary N) is 1. The van der Waals surface area contributed by atoms with Gasteiger partial charge in [0.2, 0.25) is 11.1 Å². The van der Waals surface area contributed by atoms with Gasteiger partial charge in [0.25, 0.3) is 0 Å². The molecule has 0 radical (unpaired) electrons. The minimum atomic E-state index is -3.38. The molecule has 222 valence electrons. The van der Waals surface area contributed by atoms with Gasteiger partial charge in [-0.3, -0.25) is 19.5 Å². The SMILES string of the molecule is CCCS(=N)(=O)c1nc(N)c2c(n1)n(Cc1ccccc1)c(=O)n2C(=O)CN[C@@H](Cc1ccccc1)C(=O)OC(C)C. The smallest absolute Gasteiger partial charge is 0.337 e. The fourth-order valence-corrected chi connectivity index (χ4v) is 5.74. The number of esters is 1. The highest BCUT2D eigenvalue weighted by Crippen LogP contribution is 2.21. The van der Waals surface area contributed by atoms with Crippen LogP contribution in [-0.4, -0.2) is 59.6 Å². The average molecular weight is 594 g/mol. The van der Waals surface area contributed by atoms with Gasteiger partial charge >= 0.3 is 11.7 Å². The Morgan fingerprint density at radius 3 is 2.26 bits per heavy atom. The first-order valence-corrected chi connectivity index (χ1v) is 15.3. The minimum absolute atomic E-state index is 0.00386. The summed E-state index contributed by atoms with van der Waals surface area (Å²) >= 11 is 0. The lowest BCUT2D eigenvalue weighted by Gasteiger charge is -2.19. The van der Waals surface area contributed by atoms with Crippen molar-refractivity contribution in [2.75, 3.05) is 18.0 Å². The molecule has 0 aliphatic carbocycles. The van der Waals surface area contributed by atoms with Crippen molar-refractivity contribution < 1.29 is 18.5 Å². The number of anilines is 1. The second-order valence-electron chi connectivity index (χ2n) is 10.1. The Morgan fingerprint density at radius 1 is 1.05 bits per heavy atom. The Hall–Kier alpha value is -4.36. The van der Waals surface area contributed by atoms with Gasteiger partial charge < -0.3 is 10.5 Å². The van der Waals surface area contributed by atoms with Crippen LogP contribution in [-0.2, 0) is 32.2 Å². The van der Waals surface area contributed by atoms with Gasteiger partial charge in [-0.2, -0.15) is 4.98 Å². The van der Waals surface area contributed by atoms with Crippen molar-refractivity contribution in [1.82, 2.24) is 24.4 Å². The number of nitrogens with zero attached hydrogens (tertiary/aromatic N) is 4. The Kier molecular flexibility index (Phi) is 9.53. The van der Waals surface area contributed by atoms with E-state index in [2.05, 4.69) is 15.3 Å². The summed E-state index contributed by atoms with van der Waals surface area (Å²) < 4.78 is 28.8. The monoisotopic (exact) mass is 593 g/mol. The molecule has 1 unspecified atom stereocenters. The van der Waals surface area contributed by atoms with Gasteiger partial charge in [0.1, 0.15) is 21.3 Å². The number of aromatic nitrogens is 4. The van der Waals surface area contributed by atoms with Crippen molar-refractivity contribution >= 4 is 38.6 Å². The zero-order valence-corrected chi connectivity index (χ0v) is 24.6. The topological polar surface area (TPSA) is 175 Å². The molecule has 4 aromatic rings. The van der Waals surface area contributed by atoms with E-state index in [9.17, 15) is 18.6 Å². The summed E-state index contributed by atoms with van der Waals surface area (Å²) in [4.78, 5) is 48.7. The van der Waals surface area contributed by atoms with Crippen LogP contribution < -0.4 is 16.7 Å². The van der Waals surface area contributed by atoms with Crippen LogP contribution in [0.5, 0.6) is 0 Å². The van der Waals surface area contributed by atoms with E-state index in [0.717, 1.165) is 15.7 Å². The molecule has 0 fully saturated rings.